The summed E-state index contributed by atoms with van der Waals surface area (Å²) in [7, 11) is 0. The Morgan fingerprint density at radius 3 is 2.65 bits per heavy atom. The molecule has 0 fully saturated rings. The predicted molar refractivity (Wildman–Crippen MR) is 77.7 cm³/mol. The summed E-state index contributed by atoms with van der Waals surface area (Å²) < 4.78 is 1.84. The van der Waals surface area contributed by atoms with Crippen LogP contribution in [0.4, 0.5) is 5.69 Å². The zero-order valence-corrected chi connectivity index (χ0v) is 12.2. The van der Waals surface area contributed by atoms with Gasteiger partial charge in [-0.05, 0) is 19.1 Å². The van der Waals surface area contributed by atoms with E-state index in [0.29, 0.717) is 11.4 Å². The van der Waals surface area contributed by atoms with Gasteiger partial charge >= 0.3 is 0 Å². The van der Waals surface area contributed by atoms with Crippen LogP contribution in [-0.2, 0) is 13.1 Å². The number of carbonyl (C=O) groups is 1. The first kappa shape index (κ1) is 14.6. The molecule has 0 bridgehead atoms. The fourth-order valence-electron chi connectivity index (χ4n) is 1.66. The summed E-state index contributed by atoms with van der Waals surface area (Å²) in [5.41, 5.74) is 6.23. The number of aryl methyl sites for hydroxylation is 1. The summed E-state index contributed by atoms with van der Waals surface area (Å²) in [6, 6.07) is 2.95. The quantitative estimate of drug-likeness (QED) is 0.846. The van der Waals surface area contributed by atoms with E-state index < -0.39 is 0 Å². The van der Waals surface area contributed by atoms with Gasteiger partial charge in [0.05, 0.1) is 22.3 Å². The molecule has 1 amide bonds. The van der Waals surface area contributed by atoms with Crippen LogP contribution in [-0.4, -0.2) is 20.7 Å². The Bertz CT molecular complexity index is 618. The first-order chi connectivity index (χ1) is 9.52. The van der Waals surface area contributed by atoms with Gasteiger partial charge in [-0.15, -0.1) is 10.2 Å². The van der Waals surface area contributed by atoms with Crippen LogP contribution in [0.5, 0.6) is 0 Å². The Hall–Kier alpha value is -1.79. The van der Waals surface area contributed by atoms with Gasteiger partial charge in [0.2, 0.25) is 0 Å². The maximum atomic E-state index is 12.0. The van der Waals surface area contributed by atoms with E-state index in [-0.39, 0.29) is 28.2 Å². The van der Waals surface area contributed by atoms with Gasteiger partial charge in [0.25, 0.3) is 5.91 Å². The van der Waals surface area contributed by atoms with E-state index in [4.69, 9.17) is 28.9 Å². The van der Waals surface area contributed by atoms with Crippen molar-refractivity contribution in [2.45, 2.75) is 20.0 Å². The zero-order valence-electron chi connectivity index (χ0n) is 10.7. The Kier molecular flexibility index (Phi) is 4.46. The third kappa shape index (κ3) is 3.02. The molecule has 0 saturated carbocycles. The maximum Gasteiger partial charge on any atom is 0.251 e. The van der Waals surface area contributed by atoms with Crippen molar-refractivity contribution in [3.8, 4) is 0 Å². The number of anilines is 1. The number of benzene rings is 1. The van der Waals surface area contributed by atoms with Crippen LogP contribution in [0.3, 0.4) is 0 Å². The number of rotatable bonds is 4. The highest BCUT2D eigenvalue weighted by Crippen LogP contribution is 2.28. The van der Waals surface area contributed by atoms with Crippen molar-refractivity contribution in [1.29, 1.82) is 0 Å². The summed E-state index contributed by atoms with van der Waals surface area (Å²) in [6.45, 7) is 2.97. The number of amides is 1. The van der Waals surface area contributed by atoms with Gasteiger partial charge in [-0.2, -0.15) is 0 Å². The lowest BCUT2D eigenvalue weighted by Crippen LogP contribution is -2.24. The van der Waals surface area contributed by atoms with Crippen LogP contribution < -0.4 is 11.1 Å². The predicted octanol–water partition coefficient (Wildman–Crippen LogP) is 2.12. The van der Waals surface area contributed by atoms with Crippen LogP contribution in [0.15, 0.2) is 18.5 Å². The summed E-state index contributed by atoms with van der Waals surface area (Å²) >= 11 is 11.8. The number of nitrogens with two attached hydrogens (primary N) is 1. The van der Waals surface area contributed by atoms with Gasteiger partial charge < -0.3 is 15.6 Å². The fraction of sp³-hybridized carbons (Fsp3) is 0.250. The summed E-state index contributed by atoms with van der Waals surface area (Å²) in [5, 5.41) is 10.9. The molecule has 0 radical (unpaired) electrons. The largest absolute Gasteiger partial charge is 0.396 e. The molecule has 0 aliphatic rings. The van der Waals surface area contributed by atoms with Gasteiger partial charge in [0.15, 0.2) is 5.82 Å². The minimum atomic E-state index is -0.306. The highest BCUT2D eigenvalue weighted by atomic mass is 35.5. The van der Waals surface area contributed by atoms with E-state index in [9.17, 15) is 4.79 Å². The molecule has 0 aliphatic heterocycles. The van der Waals surface area contributed by atoms with E-state index in [0.717, 1.165) is 6.54 Å². The molecule has 20 heavy (non-hydrogen) atoms. The first-order valence-corrected chi connectivity index (χ1v) is 6.68. The van der Waals surface area contributed by atoms with Gasteiger partial charge in [-0.3, -0.25) is 4.79 Å². The average Bonchev–Trinajstić information content (AvgIpc) is 2.89. The number of carbonyl (C=O) groups excluding carboxylic acids is 1. The molecule has 2 aromatic rings. The molecule has 0 aliphatic carbocycles. The molecule has 0 saturated heterocycles. The van der Waals surface area contributed by atoms with Crippen molar-refractivity contribution in [3.05, 3.63) is 39.9 Å². The maximum absolute atomic E-state index is 12.0. The van der Waals surface area contributed by atoms with Crippen molar-refractivity contribution in [1.82, 2.24) is 20.1 Å². The molecule has 0 unspecified atom stereocenters. The van der Waals surface area contributed by atoms with Crippen LogP contribution in [0.1, 0.15) is 23.1 Å². The smallest absolute Gasteiger partial charge is 0.251 e. The lowest BCUT2D eigenvalue weighted by atomic mass is 10.2. The lowest BCUT2D eigenvalue weighted by Gasteiger charge is -2.08. The van der Waals surface area contributed by atoms with Crippen molar-refractivity contribution >= 4 is 34.8 Å². The third-order valence-corrected chi connectivity index (χ3v) is 3.41. The molecular weight excluding hydrogens is 301 g/mol. The Morgan fingerprint density at radius 1 is 1.40 bits per heavy atom. The second kappa shape index (κ2) is 6.11. The van der Waals surface area contributed by atoms with E-state index in [1.165, 1.54) is 12.1 Å². The van der Waals surface area contributed by atoms with Gasteiger partial charge in [-0.25, -0.2) is 0 Å². The van der Waals surface area contributed by atoms with E-state index in [1.807, 2.05) is 11.5 Å². The first-order valence-electron chi connectivity index (χ1n) is 5.92. The number of aromatic nitrogens is 3. The molecule has 3 N–H and O–H groups in total. The number of nitrogens with one attached hydrogen (secondary N) is 1. The van der Waals surface area contributed by atoms with E-state index in [1.54, 1.807) is 6.33 Å². The molecule has 0 atom stereocenters. The molecule has 1 aromatic heterocycles. The molecule has 1 heterocycles. The molecule has 2 rings (SSSR count). The SMILES string of the molecule is CCn1cnnc1CNC(=O)c1cc(Cl)c(N)c(Cl)c1. The van der Waals surface area contributed by atoms with Crippen molar-refractivity contribution < 1.29 is 4.79 Å². The summed E-state index contributed by atoms with van der Waals surface area (Å²) in [5.74, 6) is 0.368. The Balaban J connectivity index is 2.09. The van der Waals surface area contributed by atoms with Gasteiger partial charge in [0, 0.05) is 12.1 Å². The number of hydrogen-bond acceptors (Lipinski definition) is 4. The molecule has 8 heteroatoms. The minimum absolute atomic E-state index is 0.249. The second-order valence-corrected chi connectivity index (χ2v) is 4.88. The minimum Gasteiger partial charge on any atom is -0.396 e. The monoisotopic (exact) mass is 313 g/mol. The number of halogens is 2. The topological polar surface area (TPSA) is 85.8 Å². The number of nitrogens with zero attached hydrogens (tertiary/aromatic N) is 3. The highest BCUT2D eigenvalue weighted by molar-refractivity contribution is 6.39. The zero-order chi connectivity index (χ0) is 14.7. The normalized spacial score (nSPS) is 10.6. The third-order valence-electron chi connectivity index (χ3n) is 2.78. The van der Waals surface area contributed by atoms with Crippen LogP contribution >= 0.6 is 23.2 Å². The highest BCUT2D eigenvalue weighted by Gasteiger charge is 2.12. The van der Waals surface area contributed by atoms with Crippen LogP contribution in [0.2, 0.25) is 10.0 Å². The van der Waals surface area contributed by atoms with E-state index in [2.05, 4.69) is 15.5 Å². The summed E-state index contributed by atoms with van der Waals surface area (Å²) in [6.07, 6.45) is 1.61. The number of hydrogen-bond donors (Lipinski definition) is 2. The van der Waals surface area contributed by atoms with Crippen molar-refractivity contribution in [2.75, 3.05) is 5.73 Å². The standard InChI is InChI=1S/C12H13Cl2N5O/c1-2-19-6-17-18-10(19)5-16-12(20)7-3-8(13)11(15)9(14)4-7/h3-4,6H,2,5,15H2,1H3,(H,16,20). The molecular formula is C12H13Cl2N5O. The van der Waals surface area contributed by atoms with E-state index >= 15 is 0 Å². The van der Waals surface area contributed by atoms with Crippen LogP contribution in [0, 0.1) is 0 Å². The van der Waals surface area contributed by atoms with Crippen molar-refractivity contribution in [3.63, 3.8) is 0 Å². The van der Waals surface area contributed by atoms with Crippen molar-refractivity contribution in [2.24, 2.45) is 0 Å². The number of nitrogen functional groups attached to an aromatic ring is 1. The fourth-order valence-corrected chi connectivity index (χ4v) is 2.14. The molecule has 0 spiro atoms. The molecule has 6 nitrogen and oxygen atoms in total. The Labute approximate surface area is 125 Å². The van der Waals surface area contributed by atoms with Gasteiger partial charge in [0.1, 0.15) is 6.33 Å². The van der Waals surface area contributed by atoms with Gasteiger partial charge in [-0.1, -0.05) is 23.2 Å². The van der Waals surface area contributed by atoms with Crippen LogP contribution in [0.25, 0.3) is 0 Å². The summed E-state index contributed by atoms with van der Waals surface area (Å²) in [4.78, 5) is 12.0. The molecule has 1 aromatic carbocycles. The lowest BCUT2D eigenvalue weighted by molar-refractivity contribution is 0.0949. The average molecular weight is 314 g/mol. The Morgan fingerprint density at radius 2 is 2.05 bits per heavy atom. The second-order valence-electron chi connectivity index (χ2n) is 4.07. The molecule has 106 valence electrons.